The Morgan fingerprint density at radius 3 is 2.10 bits per heavy atom. The third-order valence-electron chi connectivity index (χ3n) is 6.81. The highest BCUT2D eigenvalue weighted by atomic mass is 32.2. The van der Waals surface area contributed by atoms with E-state index in [-0.39, 0.29) is 16.5 Å². The smallest absolute Gasteiger partial charge is 0.283 e. The van der Waals surface area contributed by atoms with E-state index >= 15 is 0 Å². The third kappa shape index (κ3) is 6.01. The highest BCUT2D eigenvalue weighted by Crippen LogP contribution is 2.38. The quantitative estimate of drug-likeness (QED) is 0.217. The molecule has 3 amide bonds. The monoisotopic (exact) mass is 579 g/mol. The fraction of sp³-hybridized carbons (Fsp3) is 0.121. The molecule has 0 radical (unpaired) electrons. The number of hydrogen-bond donors (Lipinski definition) is 2. The SMILES string of the molecule is COc1ccc(NC2=C(Sc3ccc(NC(=O)c4cccc(OC)c4)cc3)C(=O)N(c3ccc(C)c(C)c3)C2=O)cc1. The number of anilines is 3. The second-order valence-corrected chi connectivity index (χ2v) is 10.7. The van der Waals surface area contributed by atoms with Gasteiger partial charge in [0, 0.05) is 21.8 Å². The molecule has 0 aromatic heterocycles. The first-order chi connectivity index (χ1) is 20.3. The van der Waals surface area contributed by atoms with Crippen molar-refractivity contribution in [2.45, 2.75) is 18.7 Å². The van der Waals surface area contributed by atoms with E-state index in [1.165, 1.54) is 16.7 Å². The summed E-state index contributed by atoms with van der Waals surface area (Å²) in [6.45, 7) is 3.92. The minimum atomic E-state index is -0.441. The summed E-state index contributed by atoms with van der Waals surface area (Å²) in [5, 5.41) is 6.03. The molecule has 1 heterocycles. The van der Waals surface area contributed by atoms with Gasteiger partial charge in [0.25, 0.3) is 17.7 Å². The highest BCUT2D eigenvalue weighted by Gasteiger charge is 2.40. The van der Waals surface area contributed by atoms with Gasteiger partial charge in [-0.25, -0.2) is 4.90 Å². The summed E-state index contributed by atoms with van der Waals surface area (Å²) in [6.07, 6.45) is 0. The molecule has 4 aromatic carbocycles. The van der Waals surface area contributed by atoms with Gasteiger partial charge < -0.3 is 20.1 Å². The van der Waals surface area contributed by atoms with Crippen LogP contribution in [0.5, 0.6) is 11.5 Å². The molecule has 0 spiro atoms. The zero-order valence-corrected chi connectivity index (χ0v) is 24.4. The lowest BCUT2D eigenvalue weighted by molar-refractivity contribution is -0.120. The highest BCUT2D eigenvalue weighted by molar-refractivity contribution is 8.04. The van der Waals surface area contributed by atoms with E-state index in [1.54, 1.807) is 93.1 Å². The molecule has 0 aliphatic carbocycles. The van der Waals surface area contributed by atoms with Crippen molar-refractivity contribution in [2.75, 3.05) is 29.8 Å². The zero-order chi connectivity index (χ0) is 29.8. The lowest BCUT2D eigenvalue weighted by Gasteiger charge is -2.16. The van der Waals surface area contributed by atoms with Crippen molar-refractivity contribution in [1.29, 1.82) is 0 Å². The van der Waals surface area contributed by atoms with Crippen LogP contribution in [-0.2, 0) is 9.59 Å². The van der Waals surface area contributed by atoms with E-state index in [0.717, 1.165) is 16.0 Å². The Balaban J connectivity index is 1.41. The van der Waals surface area contributed by atoms with Gasteiger partial charge in [0.2, 0.25) is 0 Å². The van der Waals surface area contributed by atoms with Crippen LogP contribution in [0.3, 0.4) is 0 Å². The standard InChI is InChI=1S/C33H29N3O5S/c1-20-8-13-25(18-21(20)2)36-32(38)29(34-23-9-14-26(40-3)15-10-23)30(33(36)39)42-28-16-11-24(12-17-28)35-31(37)22-6-5-7-27(19-22)41-4/h5-19,34H,1-4H3,(H,35,37). The Labute approximate surface area is 248 Å². The maximum atomic E-state index is 13.7. The summed E-state index contributed by atoms with van der Waals surface area (Å²) in [4.78, 5) is 42.3. The summed E-state index contributed by atoms with van der Waals surface area (Å²) < 4.78 is 10.4. The summed E-state index contributed by atoms with van der Waals surface area (Å²) in [6, 6.07) is 26.6. The van der Waals surface area contributed by atoms with Gasteiger partial charge in [0.15, 0.2) is 0 Å². The van der Waals surface area contributed by atoms with Crippen LogP contribution in [0.25, 0.3) is 0 Å². The number of nitrogens with one attached hydrogen (secondary N) is 2. The predicted molar refractivity (Wildman–Crippen MR) is 165 cm³/mol. The number of carbonyl (C=O) groups is 3. The number of aryl methyl sites for hydroxylation is 2. The minimum absolute atomic E-state index is 0.184. The first-order valence-electron chi connectivity index (χ1n) is 13.1. The first-order valence-corrected chi connectivity index (χ1v) is 13.9. The van der Waals surface area contributed by atoms with Gasteiger partial charge in [-0.2, -0.15) is 0 Å². The summed E-state index contributed by atoms with van der Waals surface area (Å²) in [5.41, 5.74) is 4.43. The van der Waals surface area contributed by atoms with Crippen molar-refractivity contribution < 1.29 is 23.9 Å². The number of amides is 3. The molecule has 0 unspecified atom stereocenters. The zero-order valence-electron chi connectivity index (χ0n) is 23.6. The van der Waals surface area contributed by atoms with Crippen molar-refractivity contribution in [2.24, 2.45) is 0 Å². The summed E-state index contributed by atoms with van der Waals surface area (Å²) in [7, 11) is 3.13. The number of rotatable bonds is 9. The van der Waals surface area contributed by atoms with Gasteiger partial charge in [-0.1, -0.05) is 23.9 Å². The second-order valence-electron chi connectivity index (χ2n) is 9.58. The van der Waals surface area contributed by atoms with Crippen molar-refractivity contribution in [3.05, 3.63) is 118 Å². The number of imide groups is 1. The van der Waals surface area contributed by atoms with E-state index in [1.807, 2.05) is 26.0 Å². The lowest BCUT2D eigenvalue weighted by atomic mass is 10.1. The van der Waals surface area contributed by atoms with Gasteiger partial charge >= 0.3 is 0 Å². The Kier molecular flexibility index (Phi) is 8.31. The Morgan fingerprint density at radius 2 is 1.43 bits per heavy atom. The van der Waals surface area contributed by atoms with E-state index in [4.69, 9.17) is 9.47 Å². The third-order valence-corrected chi connectivity index (χ3v) is 7.90. The molecular formula is C33H29N3O5S. The fourth-order valence-corrected chi connectivity index (χ4v) is 5.25. The molecule has 2 N–H and O–H groups in total. The maximum Gasteiger partial charge on any atom is 0.283 e. The molecule has 4 aromatic rings. The molecule has 212 valence electrons. The van der Waals surface area contributed by atoms with Gasteiger partial charge in [-0.3, -0.25) is 14.4 Å². The maximum absolute atomic E-state index is 13.7. The van der Waals surface area contributed by atoms with E-state index in [9.17, 15) is 14.4 Å². The minimum Gasteiger partial charge on any atom is -0.497 e. The van der Waals surface area contributed by atoms with Crippen LogP contribution in [0.15, 0.2) is 106 Å². The molecule has 1 aliphatic heterocycles. The van der Waals surface area contributed by atoms with E-state index in [2.05, 4.69) is 10.6 Å². The molecule has 0 atom stereocenters. The van der Waals surface area contributed by atoms with Crippen LogP contribution >= 0.6 is 11.8 Å². The van der Waals surface area contributed by atoms with Crippen LogP contribution in [0.2, 0.25) is 0 Å². The predicted octanol–water partition coefficient (Wildman–Crippen LogP) is 6.56. The summed E-state index contributed by atoms with van der Waals surface area (Å²) in [5.74, 6) is 0.132. The van der Waals surface area contributed by atoms with Gasteiger partial charge in [0.05, 0.1) is 19.9 Å². The van der Waals surface area contributed by atoms with Crippen LogP contribution in [0, 0.1) is 13.8 Å². The number of hydrogen-bond acceptors (Lipinski definition) is 7. The van der Waals surface area contributed by atoms with Gasteiger partial charge in [-0.15, -0.1) is 0 Å². The van der Waals surface area contributed by atoms with Crippen LogP contribution in [0.1, 0.15) is 21.5 Å². The number of methoxy groups -OCH3 is 2. The number of ether oxygens (including phenoxy) is 2. The van der Waals surface area contributed by atoms with E-state index in [0.29, 0.717) is 34.1 Å². The largest absolute Gasteiger partial charge is 0.497 e. The molecule has 8 nitrogen and oxygen atoms in total. The van der Waals surface area contributed by atoms with Gasteiger partial charge in [-0.05, 0) is 104 Å². The van der Waals surface area contributed by atoms with Crippen LogP contribution in [-0.4, -0.2) is 31.9 Å². The van der Waals surface area contributed by atoms with Crippen molar-refractivity contribution >= 4 is 46.5 Å². The first kappa shape index (κ1) is 28.5. The number of carbonyl (C=O) groups excluding carboxylic acids is 3. The normalized spacial score (nSPS) is 12.9. The second kappa shape index (κ2) is 12.2. The molecule has 0 saturated heterocycles. The molecule has 0 bridgehead atoms. The Hall–Kier alpha value is -5.02. The molecular weight excluding hydrogens is 550 g/mol. The van der Waals surface area contributed by atoms with Crippen LogP contribution < -0.4 is 25.0 Å². The van der Waals surface area contributed by atoms with Crippen molar-refractivity contribution in [3.63, 3.8) is 0 Å². The van der Waals surface area contributed by atoms with E-state index < -0.39 is 11.8 Å². The molecule has 0 fully saturated rings. The van der Waals surface area contributed by atoms with Crippen LogP contribution in [0.4, 0.5) is 17.1 Å². The van der Waals surface area contributed by atoms with Crippen molar-refractivity contribution in [1.82, 2.24) is 0 Å². The topological polar surface area (TPSA) is 97.0 Å². The Morgan fingerprint density at radius 1 is 0.738 bits per heavy atom. The molecule has 9 heteroatoms. The number of thioether (sulfide) groups is 1. The van der Waals surface area contributed by atoms with Crippen molar-refractivity contribution in [3.8, 4) is 11.5 Å². The summed E-state index contributed by atoms with van der Waals surface area (Å²) >= 11 is 1.18. The number of nitrogens with zero attached hydrogens (tertiary/aromatic N) is 1. The fourth-order valence-electron chi connectivity index (χ4n) is 4.32. The molecule has 42 heavy (non-hydrogen) atoms. The Bertz CT molecular complexity index is 1700. The molecule has 5 rings (SSSR count). The number of benzene rings is 4. The average Bonchev–Trinajstić information content (AvgIpc) is 3.23. The molecule has 0 saturated carbocycles. The van der Waals surface area contributed by atoms with Gasteiger partial charge in [0.1, 0.15) is 22.1 Å². The average molecular weight is 580 g/mol. The molecule has 1 aliphatic rings. The lowest BCUT2D eigenvalue weighted by Crippen LogP contribution is -2.32.